The van der Waals surface area contributed by atoms with Crippen LogP contribution >= 0.6 is 0 Å². The molecule has 1 amide bonds. The van der Waals surface area contributed by atoms with Gasteiger partial charge in [-0.2, -0.15) is 0 Å². The molecule has 0 saturated heterocycles. The van der Waals surface area contributed by atoms with E-state index in [9.17, 15) is 4.79 Å². The summed E-state index contributed by atoms with van der Waals surface area (Å²) in [5.74, 6) is -0.0889. The Kier molecular flexibility index (Phi) is 3.94. The lowest BCUT2D eigenvalue weighted by Crippen LogP contribution is -2.38. The minimum Gasteiger partial charge on any atom is -0.354 e. The van der Waals surface area contributed by atoms with Gasteiger partial charge in [-0.25, -0.2) is 4.68 Å². The quantitative estimate of drug-likeness (QED) is 0.841. The summed E-state index contributed by atoms with van der Waals surface area (Å²) in [5.41, 5.74) is 1.18. The van der Waals surface area contributed by atoms with Crippen LogP contribution in [0.25, 0.3) is 0 Å². The monoisotopic (exact) mass is 262 g/mol. The van der Waals surface area contributed by atoms with Crippen molar-refractivity contribution >= 4 is 5.91 Å². The third kappa shape index (κ3) is 3.18. The summed E-state index contributed by atoms with van der Waals surface area (Å²) in [6.07, 6.45) is 4.22. The highest BCUT2D eigenvalue weighted by Crippen LogP contribution is 2.06. The lowest BCUT2D eigenvalue weighted by atomic mass is 10.1. The minimum atomic E-state index is -0.411. The summed E-state index contributed by atoms with van der Waals surface area (Å²) in [5, 5.41) is 13.7. The number of nitrogens with one attached hydrogen (secondary N) is 1. The van der Waals surface area contributed by atoms with Crippen molar-refractivity contribution < 1.29 is 4.79 Å². The molecule has 0 fully saturated rings. The van der Waals surface area contributed by atoms with E-state index in [4.69, 9.17) is 0 Å². The van der Waals surface area contributed by atoms with Crippen LogP contribution in [-0.4, -0.2) is 36.7 Å². The first kappa shape index (κ1) is 13.3. The number of hydrogen-bond acceptors (Lipinski definition) is 4. The zero-order valence-corrected chi connectivity index (χ0v) is 11.3. The van der Waals surface area contributed by atoms with Gasteiger partial charge in [-0.15, -0.1) is 5.10 Å². The molecule has 1 N–H and O–H groups in total. The van der Waals surface area contributed by atoms with E-state index in [-0.39, 0.29) is 11.9 Å². The molecule has 7 heteroatoms. The smallest absolute Gasteiger partial charge is 0.244 e. The van der Waals surface area contributed by atoms with E-state index < -0.39 is 6.04 Å². The van der Waals surface area contributed by atoms with Gasteiger partial charge in [0.05, 0.1) is 0 Å². The van der Waals surface area contributed by atoms with Gasteiger partial charge in [0.25, 0.3) is 0 Å². The minimum absolute atomic E-state index is 0.0556. The molecule has 0 aromatic carbocycles. The number of aryl methyl sites for hydroxylation is 1. The van der Waals surface area contributed by atoms with Gasteiger partial charge in [0.2, 0.25) is 5.91 Å². The average molecular weight is 262 g/mol. The second kappa shape index (κ2) is 5.64. The van der Waals surface area contributed by atoms with Crippen molar-refractivity contribution in [1.29, 1.82) is 0 Å². The largest absolute Gasteiger partial charge is 0.354 e. The standard InChI is InChI=1S/C12H18N6O/c1-9(7-11-5-4-6-17(11)3)14-12(19)10(2)18-8-13-15-16-18/h4-6,8-10H,7H2,1-3H3,(H,14,19)/t9?,10-/m0/s1. The number of amides is 1. The Morgan fingerprint density at radius 3 is 2.84 bits per heavy atom. The third-order valence-corrected chi connectivity index (χ3v) is 3.10. The molecule has 7 nitrogen and oxygen atoms in total. The van der Waals surface area contributed by atoms with Crippen LogP contribution < -0.4 is 5.32 Å². The Bertz CT molecular complexity index is 532. The highest BCUT2D eigenvalue weighted by Gasteiger charge is 2.18. The maximum atomic E-state index is 12.0. The van der Waals surface area contributed by atoms with E-state index in [1.165, 1.54) is 16.7 Å². The van der Waals surface area contributed by atoms with Crippen LogP contribution in [0.2, 0.25) is 0 Å². The van der Waals surface area contributed by atoms with E-state index in [2.05, 4.69) is 20.8 Å². The van der Waals surface area contributed by atoms with Crippen molar-refractivity contribution in [1.82, 2.24) is 30.1 Å². The molecule has 0 aliphatic rings. The molecule has 0 bridgehead atoms. The molecule has 2 aromatic rings. The van der Waals surface area contributed by atoms with Crippen molar-refractivity contribution in [3.05, 3.63) is 30.4 Å². The summed E-state index contributed by atoms with van der Waals surface area (Å²) < 4.78 is 3.48. The first-order valence-corrected chi connectivity index (χ1v) is 6.21. The van der Waals surface area contributed by atoms with Crippen LogP contribution in [0.1, 0.15) is 25.6 Å². The first-order chi connectivity index (χ1) is 9.08. The number of hydrogen-bond donors (Lipinski definition) is 1. The summed E-state index contributed by atoms with van der Waals surface area (Å²) in [6.45, 7) is 3.75. The molecular formula is C12H18N6O. The van der Waals surface area contributed by atoms with Crippen LogP contribution in [0, 0.1) is 0 Å². The molecule has 2 aromatic heterocycles. The number of nitrogens with zero attached hydrogens (tertiary/aromatic N) is 5. The molecule has 102 valence electrons. The molecule has 0 aliphatic carbocycles. The maximum absolute atomic E-state index is 12.0. The van der Waals surface area contributed by atoms with Gasteiger partial charge in [0.1, 0.15) is 12.4 Å². The number of rotatable bonds is 5. The van der Waals surface area contributed by atoms with E-state index >= 15 is 0 Å². The molecule has 2 atom stereocenters. The van der Waals surface area contributed by atoms with Gasteiger partial charge in [-0.3, -0.25) is 4.79 Å². The van der Waals surface area contributed by atoms with Crippen LogP contribution in [0.3, 0.4) is 0 Å². The molecule has 19 heavy (non-hydrogen) atoms. The summed E-state index contributed by atoms with van der Waals surface area (Å²) in [4.78, 5) is 12.0. The lowest BCUT2D eigenvalue weighted by molar-refractivity contribution is -0.124. The fourth-order valence-electron chi connectivity index (χ4n) is 1.90. The van der Waals surface area contributed by atoms with Crippen molar-refractivity contribution in [3.8, 4) is 0 Å². The highest BCUT2D eigenvalue weighted by molar-refractivity contribution is 5.79. The van der Waals surface area contributed by atoms with Gasteiger partial charge >= 0.3 is 0 Å². The second-order valence-electron chi connectivity index (χ2n) is 4.69. The van der Waals surface area contributed by atoms with Gasteiger partial charge in [0, 0.05) is 31.4 Å². The van der Waals surface area contributed by atoms with Crippen molar-refractivity contribution in [2.75, 3.05) is 0 Å². The van der Waals surface area contributed by atoms with Gasteiger partial charge < -0.3 is 9.88 Å². The summed E-state index contributed by atoms with van der Waals surface area (Å²) in [7, 11) is 1.99. The molecule has 2 rings (SSSR count). The fraction of sp³-hybridized carbons (Fsp3) is 0.500. The molecule has 0 aliphatic heterocycles. The number of carbonyl (C=O) groups is 1. The molecule has 0 saturated carbocycles. The van der Waals surface area contributed by atoms with Gasteiger partial charge in [0.15, 0.2) is 0 Å². The highest BCUT2D eigenvalue weighted by atomic mass is 16.2. The lowest BCUT2D eigenvalue weighted by Gasteiger charge is -2.17. The molecular weight excluding hydrogens is 244 g/mol. The summed E-state index contributed by atoms with van der Waals surface area (Å²) in [6, 6.07) is 3.69. The Labute approximate surface area is 111 Å². The predicted molar refractivity (Wildman–Crippen MR) is 69.2 cm³/mol. The van der Waals surface area contributed by atoms with E-state index in [0.717, 1.165) is 6.42 Å². The predicted octanol–water partition coefficient (Wildman–Crippen LogP) is 0.320. The Morgan fingerprint density at radius 2 is 2.26 bits per heavy atom. The van der Waals surface area contributed by atoms with Crippen LogP contribution in [0.5, 0.6) is 0 Å². The fourth-order valence-corrected chi connectivity index (χ4v) is 1.90. The zero-order chi connectivity index (χ0) is 13.8. The van der Waals surface area contributed by atoms with E-state index in [1.54, 1.807) is 6.92 Å². The molecule has 0 spiro atoms. The van der Waals surface area contributed by atoms with E-state index in [1.807, 2.05) is 36.9 Å². The third-order valence-electron chi connectivity index (χ3n) is 3.10. The number of carbonyl (C=O) groups excluding carboxylic acids is 1. The number of aromatic nitrogens is 5. The SMILES string of the molecule is CC(Cc1cccn1C)NC(=O)[C@H](C)n1cnnn1. The van der Waals surface area contributed by atoms with Crippen molar-refractivity contribution in [2.24, 2.45) is 7.05 Å². The van der Waals surface area contributed by atoms with Gasteiger partial charge in [-0.05, 0) is 36.4 Å². The first-order valence-electron chi connectivity index (χ1n) is 6.21. The van der Waals surface area contributed by atoms with Crippen LogP contribution in [0.15, 0.2) is 24.7 Å². The maximum Gasteiger partial charge on any atom is 0.244 e. The van der Waals surface area contributed by atoms with Crippen molar-refractivity contribution in [2.45, 2.75) is 32.4 Å². The normalized spacial score (nSPS) is 14.1. The van der Waals surface area contributed by atoms with Crippen molar-refractivity contribution in [3.63, 3.8) is 0 Å². The van der Waals surface area contributed by atoms with Crippen LogP contribution in [0.4, 0.5) is 0 Å². The molecule has 0 radical (unpaired) electrons. The number of tetrazole rings is 1. The Balaban J connectivity index is 1.90. The van der Waals surface area contributed by atoms with E-state index in [0.29, 0.717) is 0 Å². The zero-order valence-electron chi connectivity index (χ0n) is 11.3. The Morgan fingerprint density at radius 1 is 1.47 bits per heavy atom. The molecule has 1 unspecified atom stereocenters. The van der Waals surface area contributed by atoms with Gasteiger partial charge in [-0.1, -0.05) is 0 Å². The van der Waals surface area contributed by atoms with Crippen LogP contribution in [-0.2, 0) is 18.3 Å². The topological polar surface area (TPSA) is 77.6 Å². The average Bonchev–Trinajstić information content (AvgIpc) is 3.01. The summed E-state index contributed by atoms with van der Waals surface area (Å²) >= 11 is 0. The molecule has 2 heterocycles. The Hall–Kier alpha value is -2.18. The second-order valence-corrected chi connectivity index (χ2v) is 4.69.